The number of carbonyl (C=O) groups is 3. The number of nitrogens with zero attached hydrogens (tertiary/aromatic N) is 1. The molecule has 0 radical (unpaired) electrons. The first-order valence-corrected chi connectivity index (χ1v) is 7.39. The quantitative estimate of drug-likeness (QED) is 0.438. The van der Waals surface area contributed by atoms with E-state index in [0.717, 1.165) is 0 Å². The van der Waals surface area contributed by atoms with E-state index in [4.69, 9.17) is 9.84 Å². The molecule has 0 atom stereocenters. The van der Waals surface area contributed by atoms with Crippen molar-refractivity contribution in [1.82, 2.24) is 0 Å². The van der Waals surface area contributed by atoms with Crippen LogP contribution in [0.1, 0.15) is 20.7 Å². The van der Waals surface area contributed by atoms with Crippen LogP contribution in [0.3, 0.4) is 0 Å². The van der Waals surface area contributed by atoms with E-state index in [1.165, 1.54) is 31.2 Å². The van der Waals surface area contributed by atoms with Crippen molar-refractivity contribution in [2.75, 3.05) is 35.8 Å². The Balaban J connectivity index is 3.62. The fraction of sp³-hybridized carbons (Fsp3) is 0.308. The van der Waals surface area contributed by atoms with Crippen LogP contribution in [0.2, 0.25) is 0 Å². The Morgan fingerprint density at radius 3 is 2.43 bits per heavy atom. The van der Waals surface area contributed by atoms with Gasteiger partial charge in [0.1, 0.15) is 5.56 Å². The highest BCUT2D eigenvalue weighted by atomic mass is 127. The summed E-state index contributed by atoms with van der Waals surface area (Å²) in [7, 11) is 4.25. The molecule has 8 heteroatoms. The van der Waals surface area contributed by atoms with Gasteiger partial charge in [0.25, 0.3) is 0 Å². The Bertz CT molecular complexity index is 588. The molecule has 114 valence electrons. The van der Waals surface area contributed by atoms with Crippen molar-refractivity contribution >= 4 is 51.8 Å². The van der Waals surface area contributed by atoms with E-state index < -0.39 is 11.9 Å². The van der Waals surface area contributed by atoms with Crippen molar-refractivity contribution < 1.29 is 24.2 Å². The van der Waals surface area contributed by atoms with Gasteiger partial charge in [0.15, 0.2) is 0 Å². The van der Waals surface area contributed by atoms with Crippen LogP contribution in [0.5, 0.6) is 0 Å². The molecule has 1 amide bonds. The Morgan fingerprint density at radius 2 is 2.00 bits per heavy atom. The topological polar surface area (TPSA) is 95.9 Å². The number of carbonyl (C=O) groups excluding carboxylic acids is 2. The summed E-state index contributed by atoms with van der Waals surface area (Å²) in [6.45, 7) is 0. The molecule has 0 unspecified atom stereocenters. The highest BCUT2D eigenvalue weighted by Gasteiger charge is 2.24. The molecule has 7 nitrogen and oxygen atoms in total. The Hall–Kier alpha value is -1.84. The van der Waals surface area contributed by atoms with Crippen LogP contribution in [0.25, 0.3) is 0 Å². The number of hydrogen-bond acceptors (Lipinski definition) is 5. The number of ether oxygens (including phenoxy) is 1. The maximum atomic E-state index is 12.0. The third-order valence-corrected chi connectivity index (χ3v) is 3.53. The first-order valence-electron chi connectivity index (χ1n) is 5.87. The lowest BCUT2D eigenvalue weighted by Crippen LogP contribution is -2.29. The zero-order valence-corrected chi connectivity index (χ0v) is 13.9. The Kier molecular flexibility index (Phi) is 5.94. The Morgan fingerprint density at radius 1 is 1.38 bits per heavy atom. The molecule has 0 heterocycles. The van der Waals surface area contributed by atoms with Crippen LogP contribution in [-0.4, -0.2) is 48.6 Å². The van der Waals surface area contributed by atoms with Gasteiger partial charge < -0.3 is 20.1 Å². The zero-order valence-electron chi connectivity index (χ0n) is 11.8. The monoisotopic (exact) mass is 406 g/mol. The van der Waals surface area contributed by atoms with Crippen LogP contribution in [0.15, 0.2) is 12.1 Å². The summed E-state index contributed by atoms with van der Waals surface area (Å²) in [5.41, 5.74) is 0.554. The number of aromatic carboxylic acids is 1. The summed E-state index contributed by atoms with van der Waals surface area (Å²) >= 11 is 1.89. The number of carboxylic acids is 1. The zero-order chi connectivity index (χ0) is 16.2. The highest BCUT2D eigenvalue weighted by Crippen LogP contribution is 2.30. The molecule has 0 bridgehead atoms. The summed E-state index contributed by atoms with van der Waals surface area (Å²) in [6, 6.07) is 2.60. The average molecular weight is 406 g/mol. The van der Waals surface area contributed by atoms with Crippen LogP contribution >= 0.6 is 22.6 Å². The third-order valence-electron chi connectivity index (χ3n) is 2.87. The van der Waals surface area contributed by atoms with Gasteiger partial charge >= 0.3 is 11.9 Å². The normalized spacial score (nSPS) is 9.90. The second kappa shape index (κ2) is 7.25. The predicted molar refractivity (Wildman–Crippen MR) is 86.6 cm³/mol. The summed E-state index contributed by atoms with van der Waals surface area (Å²) < 4.78 is 4.91. The Labute approximate surface area is 135 Å². The molecule has 0 saturated carbocycles. The number of halogens is 1. The molecular weight excluding hydrogens is 391 g/mol. The van der Waals surface area contributed by atoms with Gasteiger partial charge in [-0.05, 0) is 12.1 Å². The number of anilines is 2. The lowest BCUT2D eigenvalue weighted by Gasteiger charge is -2.21. The van der Waals surface area contributed by atoms with E-state index in [9.17, 15) is 14.4 Å². The number of hydrogen-bond donors (Lipinski definition) is 2. The van der Waals surface area contributed by atoms with E-state index in [-0.39, 0.29) is 32.8 Å². The second-order valence-electron chi connectivity index (χ2n) is 4.05. The molecule has 1 aromatic carbocycles. The smallest absolute Gasteiger partial charge is 0.342 e. The maximum absolute atomic E-state index is 12.0. The molecule has 0 spiro atoms. The van der Waals surface area contributed by atoms with Gasteiger partial charge in [-0.25, -0.2) is 9.59 Å². The molecule has 0 aliphatic rings. The average Bonchev–Trinajstić information content (AvgIpc) is 2.50. The van der Waals surface area contributed by atoms with Gasteiger partial charge in [-0.3, -0.25) is 4.79 Å². The molecule has 0 fully saturated rings. The number of rotatable bonds is 5. The van der Waals surface area contributed by atoms with E-state index in [2.05, 4.69) is 5.32 Å². The van der Waals surface area contributed by atoms with Crippen LogP contribution in [-0.2, 0) is 9.53 Å². The first kappa shape index (κ1) is 17.2. The van der Waals surface area contributed by atoms with Crippen LogP contribution in [0.4, 0.5) is 11.4 Å². The second-order valence-corrected chi connectivity index (χ2v) is 4.81. The van der Waals surface area contributed by atoms with Crippen molar-refractivity contribution in [2.24, 2.45) is 0 Å². The van der Waals surface area contributed by atoms with Gasteiger partial charge in [-0.15, -0.1) is 0 Å². The van der Waals surface area contributed by atoms with Gasteiger partial charge in [-0.1, -0.05) is 22.6 Å². The predicted octanol–water partition coefficient (Wildman–Crippen LogP) is 1.61. The molecule has 1 aromatic rings. The molecule has 21 heavy (non-hydrogen) atoms. The van der Waals surface area contributed by atoms with Gasteiger partial charge in [0.05, 0.1) is 28.5 Å². The van der Waals surface area contributed by atoms with E-state index in [1.807, 2.05) is 22.6 Å². The molecule has 0 aliphatic heterocycles. The van der Waals surface area contributed by atoms with Crippen LogP contribution < -0.4 is 10.2 Å². The SMILES string of the molecule is CNc1cc(C(=O)O)cc(N(C)C(=O)CI)c1C(=O)OC. The number of nitrogens with one attached hydrogen (secondary N) is 1. The molecular formula is C13H15IN2O5. The number of methoxy groups -OCH3 is 1. The lowest BCUT2D eigenvalue weighted by atomic mass is 10.0. The molecule has 2 N–H and O–H groups in total. The van der Waals surface area contributed by atoms with Crippen molar-refractivity contribution in [3.8, 4) is 0 Å². The highest BCUT2D eigenvalue weighted by molar-refractivity contribution is 14.1. The van der Waals surface area contributed by atoms with Crippen molar-refractivity contribution in [2.45, 2.75) is 0 Å². The first-order chi connectivity index (χ1) is 9.87. The summed E-state index contributed by atoms with van der Waals surface area (Å²) in [5, 5.41) is 11.9. The molecule has 0 aliphatic carbocycles. The minimum absolute atomic E-state index is 0.0323. The van der Waals surface area contributed by atoms with E-state index in [0.29, 0.717) is 0 Å². The molecule has 0 saturated heterocycles. The number of alkyl halides is 1. The fourth-order valence-corrected chi connectivity index (χ4v) is 2.26. The summed E-state index contributed by atoms with van der Waals surface area (Å²) in [5.74, 6) is -2.07. The standard InChI is InChI=1S/C13H15IN2O5/c1-15-8-4-7(12(18)19)5-9(11(8)13(20)21-3)16(2)10(17)6-14/h4-5,15H,6H2,1-3H3,(H,18,19). The van der Waals surface area contributed by atoms with Gasteiger partial charge in [0.2, 0.25) is 5.91 Å². The number of carboxylic acid groups (broad SMARTS) is 1. The van der Waals surface area contributed by atoms with E-state index >= 15 is 0 Å². The molecule has 1 rings (SSSR count). The van der Waals surface area contributed by atoms with Crippen molar-refractivity contribution in [3.63, 3.8) is 0 Å². The fourth-order valence-electron chi connectivity index (χ4n) is 1.75. The van der Waals surface area contributed by atoms with Gasteiger partial charge in [0, 0.05) is 14.1 Å². The summed E-state index contributed by atoms with van der Waals surface area (Å²) in [6.07, 6.45) is 0. The van der Waals surface area contributed by atoms with Gasteiger partial charge in [-0.2, -0.15) is 0 Å². The minimum atomic E-state index is -1.15. The lowest BCUT2D eigenvalue weighted by molar-refractivity contribution is -0.115. The number of benzene rings is 1. The van der Waals surface area contributed by atoms with Crippen molar-refractivity contribution in [1.29, 1.82) is 0 Å². The minimum Gasteiger partial charge on any atom is -0.478 e. The number of amides is 1. The third kappa shape index (κ3) is 3.63. The van der Waals surface area contributed by atoms with Crippen molar-refractivity contribution in [3.05, 3.63) is 23.3 Å². The van der Waals surface area contributed by atoms with E-state index in [1.54, 1.807) is 7.05 Å². The molecule has 0 aromatic heterocycles. The summed E-state index contributed by atoms with van der Waals surface area (Å²) in [4.78, 5) is 36.2. The van der Waals surface area contributed by atoms with Crippen LogP contribution in [0, 0.1) is 0 Å². The maximum Gasteiger partial charge on any atom is 0.342 e. The number of esters is 1. The largest absolute Gasteiger partial charge is 0.478 e.